The second-order valence-corrected chi connectivity index (χ2v) is 9.48. The topological polar surface area (TPSA) is 133 Å². The maximum atomic E-state index is 14.2. The first-order valence-electron chi connectivity index (χ1n) is 12.7. The van der Waals surface area contributed by atoms with E-state index in [2.05, 4.69) is 15.0 Å². The first-order chi connectivity index (χ1) is 19.4. The van der Waals surface area contributed by atoms with Crippen LogP contribution in [0.5, 0.6) is 0 Å². The number of hydrogen-bond acceptors (Lipinski definition) is 10. The van der Waals surface area contributed by atoms with Gasteiger partial charge in [0.15, 0.2) is 29.3 Å². The molecule has 0 bridgehead atoms. The number of carbonyl (C=O) groups excluding carboxylic acids is 1. The number of fused-ring (bicyclic) bond motifs is 1. The van der Waals surface area contributed by atoms with Crippen LogP contribution >= 0.6 is 0 Å². The van der Waals surface area contributed by atoms with Crippen LogP contribution in [0.4, 0.5) is 10.2 Å². The van der Waals surface area contributed by atoms with E-state index >= 15 is 0 Å². The summed E-state index contributed by atoms with van der Waals surface area (Å²) in [7, 11) is 1.53. The molecule has 0 amide bonds. The Bertz CT molecular complexity index is 1440. The lowest BCUT2D eigenvalue weighted by Gasteiger charge is -2.34. The molecule has 1 fully saturated rings. The maximum absolute atomic E-state index is 14.2. The smallest absolute Gasteiger partial charge is 0.312 e. The summed E-state index contributed by atoms with van der Waals surface area (Å²) in [6.07, 6.45) is -2.54. The molecule has 11 nitrogen and oxygen atoms in total. The Balaban J connectivity index is 1.54. The predicted molar refractivity (Wildman–Crippen MR) is 141 cm³/mol. The molecule has 4 atom stereocenters. The van der Waals surface area contributed by atoms with Gasteiger partial charge in [0.25, 0.3) is 0 Å². The third-order valence-electron chi connectivity index (χ3n) is 6.57. The molecule has 0 spiro atoms. The Morgan fingerprint density at radius 2 is 1.73 bits per heavy atom. The van der Waals surface area contributed by atoms with E-state index in [1.54, 1.807) is 0 Å². The number of esters is 1. The van der Waals surface area contributed by atoms with E-state index in [-0.39, 0.29) is 36.8 Å². The molecule has 5 rings (SSSR count). The number of carbonyl (C=O) groups is 1. The number of anilines is 1. The third-order valence-corrected chi connectivity index (χ3v) is 6.57. The van der Waals surface area contributed by atoms with Crippen LogP contribution in [0.2, 0.25) is 0 Å². The van der Waals surface area contributed by atoms with Crippen molar-refractivity contribution in [2.45, 2.75) is 44.2 Å². The van der Waals surface area contributed by atoms with Crippen molar-refractivity contribution >= 4 is 23.0 Å². The molecule has 0 radical (unpaired) electrons. The van der Waals surface area contributed by atoms with Crippen molar-refractivity contribution in [2.24, 2.45) is 0 Å². The van der Waals surface area contributed by atoms with E-state index in [1.165, 1.54) is 24.9 Å². The highest BCUT2D eigenvalue weighted by atomic mass is 19.1. The van der Waals surface area contributed by atoms with E-state index in [0.29, 0.717) is 6.61 Å². The van der Waals surface area contributed by atoms with E-state index < -0.39 is 36.1 Å². The van der Waals surface area contributed by atoms with Gasteiger partial charge < -0.3 is 29.4 Å². The van der Waals surface area contributed by atoms with Gasteiger partial charge in [-0.3, -0.25) is 9.36 Å². The van der Waals surface area contributed by atoms with E-state index in [1.807, 2.05) is 60.7 Å². The number of benzene rings is 2. The van der Waals surface area contributed by atoms with E-state index in [9.17, 15) is 9.18 Å². The van der Waals surface area contributed by atoms with Crippen LogP contribution in [-0.2, 0) is 41.7 Å². The molecule has 40 heavy (non-hydrogen) atoms. The van der Waals surface area contributed by atoms with Gasteiger partial charge >= 0.3 is 12.0 Å². The number of nitrogens with zero attached hydrogens (tertiary/aromatic N) is 4. The average molecular weight is 552 g/mol. The molecule has 210 valence electrons. The lowest BCUT2D eigenvalue weighted by molar-refractivity contribution is -0.179. The molecule has 12 heteroatoms. The van der Waals surface area contributed by atoms with Gasteiger partial charge in [0.2, 0.25) is 0 Å². The van der Waals surface area contributed by atoms with Crippen LogP contribution in [0.1, 0.15) is 24.3 Å². The lowest BCUT2D eigenvalue weighted by atomic mass is 9.96. The van der Waals surface area contributed by atoms with Crippen molar-refractivity contribution in [2.75, 3.05) is 26.1 Å². The number of nitrogens with two attached hydrogens (primary N) is 1. The third kappa shape index (κ3) is 5.80. The largest absolute Gasteiger partial charge is 0.455 e. The Hall–Kier alpha value is -3.97. The lowest BCUT2D eigenvalue weighted by Crippen LogP contribution is -2.52. The first-order valence-corrected chi connectivity index (χ1v) is 12.7. The zero-order valence-corrected chi connectivity index (χ0v) is 22.1. The normalized spacial score (nSPS) is 22.5. The van der Waals surface area contributed by atoms with Gasteiger partial charge in [-0.1, -0.05) is 60.7 Å². The van der Waals surface area contributed by atoms with Crippen molar-refractivity contribution in [3.8, 4) is 0 Å². The van der Waals surface area contributed by atoms with Crippen LogP contribution < -0.4 is 5.73 Å². The molecular weight excluding hydrogens is 521 g/mol. The average Bonchev–Trinajstić information content (AvgIpc) is 3.48. The Morgan fingerprint density at radius 1 is 1.05 bits per heavy atom. The maximum Gasteiger partial charge on any atom is 0.312 e. The monoisotopic (exact) mass is 551 g/mol. The minimum atomic E-state index is -1.24. The summed E-state index contributed by atoms with van der Waals surface area (Å²) in [6, 6.07) is 19.2. The molecule has 2 N–H and O–H groups in total. The van der Waals surface area contributed by atoms with Gasteiger partial charge in [0.05, 0.1) is 32.8 Å². The second kappa shape index (κ2) is 12.0. The van der Waals surface area contributed by atoms with Crippen molar-refractivity contribution in [3.63, 3.8) is 0 Å². The summed E-state index contributed by atoms with van der Waals surface area (Å²) in [5.41, 5.74) is 6.77. The molecule has 1 aliphatic rings. The predicted octanol–water partition coefficient (Wildman–Crippen LogP) is 3.20. The van der Waals surface area contributed by atoms with Crippen LogP contribution in [0, 0.1) is 6.08 Å². The van der Waals surface area contributed by atoms with Gasteiger partial charge in [0, 0.05) is 14.0 Å². The summed E-state index contributed by atoms with van der Waals surface area (Å²) in [5.74, 6) is -0.690. The van der Waals surface area contributed by atoms with Crippen LogP contribution in [-0.4, -0.2) is 63.6 Å². The number of aromatic nitrogens is 4. The summed E-state index contributed by atoms with van der Waals surface area (Å²) < 4.78 is 46.3. The number of imidazole rings is 1. The first kappa shape index (κ1) is 27.6. The molecule has 1 saturated heterocycles. The summed E-state index contributed by atoms with van der Waals surface area (Å²) >= 11 is 0. The van der Waals surface area contributed by atoms with Crippen molar-refractivity contribution in [1.82, 2.24) is 19.5 Å². The molecule has 4 aromatic rings. The number of methoxy groups -OCH3 is 1. The fourth-order valence-electron chi connectivity index (χ4n) is 4.89. The molecular formula is C28H30FN5O6. The van der Waals surface area contributed by atoms with Crippen LogP contribution in [0.3, 0.4) is 0 Å². The van der Waals surface area contributed by atoms with Gasteiger partial charge in [-0.25, -0.2) is 4.98 Å². The molecule has 1 aliphatic heterocycles. The highest BCUT2D eigenvalue weighted by molar-refractivity contribution is 5.81. The molecule has 2 aromatic carbocycles. The Labute approximate surface area is 230 Å². The number of halogens is 1. The minimum absolute atomic E-state index is 0.0293. The van der Waals surface area contributed by atoms with Gasteiger partial charge in [-0.2, -0.15) is 14.4 Å². The summed E-state index contributed by atoms with van der Waals surface area (Å²) in [6.45, 7) is 1.85. The molecule has 0 saturated carbocycles. The zero-order chi connectivity index (χ0) is 28.1. The van der Waals surface area contributed by atoms with Crippen LogP contribution in [0.15, 0.2) is 67.0 Å². The Kier molecular flexibility index (Phi) is 8.31. The van der Waals surface area contributed by atoms with E-state index in [0.717, 1.165) is 11.1 Å². The van der Waals surface area contributed by atoms with Gasteiger partial charge in [0.1, 0.15) is 11.7 Å². The quantitative estimate of drug-likeness (QED) is 0.219. The zero-order valence-electron chi connectivity index (χ0n) is 22.1. The number of rotatable bonds is 11. The molecule has 2 aromatic heterocycles. The number of nitrogen functional groups attached to an aromatic ring is 1. The highest BCUT2D eigenvalue weighted by Crippen LogP contribution is 2.43. The standard InChI is InChI=1S/C28H30FN5O6/c1-18(35)39-22-23(38-14-20-11-7-4-8-12-20)28(15-36-2,16-37-13-19-9-5-3-6-10-19)40-26(22)34-17-31-21-24(30)32-27(29)33-25(21)34/h3-12,17,22-23,26H,13-16H2,1-2H3,(H2,30,32,33)/t22-,23+,26-,28-/m1/s1. The fraction of sp³-hybridized carbons (Fsp3) is 0.357. The summed E-state index contributed by atoms with van der Waals surface area (Å²) in [4.78, 5) is 24.0. The number of ether oxygens (including phenoxy) is 5. The molecule has 0 unspecified atom stereocenters. The molecule has 0 aliphatic carbocycles. The fourth-order valence-corrected chi connectivity index (χ4v) is 4.89. The Morgan fingerprint density at radius 3 is 2.38 bits per heavy atom. The SMILES string of the molecule is COC[C@]1(COCc2ccccc2)O[C@@H](n2cnc3c(N)nc(F)nc32)[C@H](OC(C)=O)[C@@H]1OCc1ccccc1. The summed E-state index contributed by atoms with van der Waals surface area (Å²) in [5, 5.41) is 0. The van der Waals surface area contributed by atoms with Crippen molar-refractivity contribution < 1.29 is 32.9 Å². The van der Waals surface area contributed by atoms with Crippen molar-refractivity contribution in [1.29, 1.82) is 0 Å². The molecule has 3 heterocycles. The highest BCUT2D eigenvalue weighted by Gasteiger charge is 2.59. The minimum Gasteiger partial charge on any atom is -0.455 e. The van der Waals surface area contributed by atoms with E-state index in [4.69, 9.17) is 29.4 Å². The second-order valence-electron chi connectivity index (χ2n) is 9.48. The van der Waals surface area contributed by atoms with Crippen molar-refractivity contribution in [3.05, 3.63) is 84.2 Å². The van der Waals surface area contributed by atoms with Gasteiger partial charge in [-0.05, 0) is 11.1 Å². The number of hydrogen-bond donors (Lipinski definition) is 1. The van der Waals surface area contributed by atoms with Crippen LogP contribution in [0.25, 0.3) is 11.2 Å². The van der Waals surface area contributed by atoms with Gasteiger partial charge in [-0.15, -0.1) is 0 Å².